The Morgan fingerprint density at radius 2 is 1.55 bits per heavy atom. The molecule has 0 saturated carbocycles. The maximum Gasteiger partial charge on any atom is 0.262 e. The van der Waals surface area contributed by atoms with E-state index in [0.29, 0.717) is 17.2 Å². The van der Waals surface area contributed by atoms with Crippen LogP contribution in [0.15, 0.2) is 72.9 Å². The van der Waals surface area contributed by atoms with Crippen LogP contribution in [0.5, 0.6) is 5.88 Å². The fourth-order valence-corrected chi connectivity index (χ4v) is 3.13. The lowest BCUT2D eigenvalue weighted by Gasteiger charge is -2.08. The Morgan fingerprint density at radius 1 is 0.879 bits per heavy atom. The van der Waals surface area contributed by atoms with E-state index >= 15 is 0 Å². The molecule has 0 aliphatic carbocycles. The molecule has 0 spiro atoms. The highest BCUT2D eigenvalue weighted by atomic mass is 19.1. The van der Waals surface area contributed by atoms with Crippen LogP contribution in [0, 0.1) is 23.3 Å². The Hall–Kier alpha value is -4.14. The molecule has 4 aromatic rings. The van der Waals surface area contributed by atoms with Gasteiger partial charge in [-0.1, -0.05) is 24.3 Å². The van der Waals surface area contributed by atoms with E-state index in [2.05, 4.69) is 10.4 Å². The molecule has 0 fully saturated rings. The highest BCUT2D eigenvalue weighted by Crippen LogP contribution is 2.22. The molecule has 1 heterocycles. The number of carbonyl (C=O) groups excluding carboxylic acids is 1. The number of rotatable bonds is 7. The summed E-state index contributed by atoms with van der Waals surface area (Å²) < 4.78 is 61.1. The minimum absolute atomic E-state index is 0.0356. The topological polar surface area (TPSA) is 56.2 Å². The second-order valence-electron chi connectivity index (χ2n) is 7.17. The van der Waals surface area contributed by atoms with Crippen molar-refractivity contribution < 1.29 is 27.1 Å². The van der Waals surface area contributed by atoms with Crippen molar-refractivity contribution in [1.29, 1.82) is 0 Å². The molecule has 0 radical (unpaired) electrons. The molecule has 1 aromatic heterocycles. The molecule has 9 heteroatoms. The highest BCUT2D eigenvalue weighted by Gasteiger charge is 2.20. The summed E-state index contributed by atoms with van der Waals surface area (Å²) in [6, 6.07) is 14.3. The van der Waals surface area contributed by atoms with E-state index in [9.17, 15) is 22.4 Å². The monoisotopic (exact) mass is 455 g/mol. The molecule has 5 nitrogen and oxygen atoms in total. The van der Waals surface area contributed by atoms with Crippen LogP contribution >= 0.6 is 0 Å². The lowest BCUT2D eigenvalue weighted by molar-refractivity contribution is 0.102. The van der Waals surface area contributed by atoms with Gasteiger partial charge in [0.05, 0.1) is 12.2 Å². The molecule has 0 unspecified atom stereocenters. The van der Waals surface area contributed by atoms with Gasteiger partial charge in [-0.15, -0.1) is 5.10 Å². The van der Waals surface area contributed by atoms with Crippen molar-refractivity contribution >= 4 is 11.6 Å². The SMILES string of the molecule is O=C(Nc1ccc(F)cc1F)c1cn(Cc2cccc(F)c2)nc1OCc1cccc(F)c1. The number of nitrogens with one attached hydrogen (secondary N) is 1. The smallest absolute Gasteiger partial charge is 0.262 e. The van der Waals surface area contributed by atoms with Crippen LogP contribution in [0.4, 0.5) is 23.2 Å². The van der Waals surface area contributed by atoms with Gasteiger partial charge in [-0.2, -0.15) is 0 Å². The molecule has 0 bridgehead atoms. The fourth-order valence-electron chi connectivity index (χ4n) is 3.13. The van der Waals surface area contributed by atoms with Crippen molar-refractivity contribution in [2.75, 3.05) is 5.32 Å². The molecule has 4 rings (SSSR count). The second-order valence-corrected chi connectivity index (χ2v) is 7.17. The molecule has 0 aliphatic heterocycles. The Kier molecular flexibility index (Phi) is 6.39. The number of halogens is 4. The predicted octanol–water partition coefficient (Wildman–Crippen LogP) is 5.32. The molecular formula is C24H17F4N3O2. The van der Waals surface area contributed by atoms with Crippen molar-refractivity contribution in [3.8, 4) is 5.88 Å². The maximum absolute atomic E-state index is 14.0. The largest absolute Gasteiger partial charge is 0.471 e. The summed E-state index contributed by atoms with van der Waals surface area (Å²) in [6.45, 7) is 0.0478. The minimum atomic E-state index is -0.947. The van der Waals surface area contributed by atoms with Crippen LogP contribution in [0.3, 0.4) is 0 Å². The predicted molar refractivity (Wildman–Crippen MR) is 113 cm³/mol. The molecule has 0 saturated heterocycles. The van der Waals surface area contributed by atoms with Crippen molar-refractivity contribution in [2.24, 2.45) is 0 Å². The van der Waals surface area contributed by atoms with E-state index in [4.69, 9.17) is 4.74 Å². The third kappa shape index (κ3) is 5.57. The summed E-state index contributed by atoms with van der Waals surface area (Å²) in [6.07, 6.45) is 1.36. The fraction of sp³-hybridized carbons (Fsp3) is 0.0833. The summed E-state index contributed by atoms with van der Waals surface area (Å²) in [5, 5.41) is 6.59. The van der Waals surface area contributed by atoms with Crippen molar-refractivity contribution in [3.05, 3.63) is 113 Å². The van der Waals surface area contributed by atoms with Gasteiger partial charge in [0.2, 0.25) is 5.88 Å². The third-order valence-electron chi connectivity index (χ3n) is 4.65. The van der Waals surface area contributed by atoms with Crippen LogP contribution < -0.4 is 10.1 Å². The molecule has 1 amide bonds. The molecule has 0 atom stereocenters. The molecule has 3 aromatic carbocycles. The van der Waals surface area contributed by atoms with Gasteiger partial charge in [0, 0.05) is 12.3 Å². The highest BCUT2D eigenvalue weighted by molar-refractivity contribution is 6.05. The van der Waals surface area contributed by atoms with Gasteiger partial charge < -0.3 is 10.1 Å². The number of hydrogen-bond acceptors (Lipinski definition) is 3. The zero-order chi connectivity index (χ0) is 23.4. The average molecular weight is 455 g/mol. The van der Waals surface area contributed by atoms with Gasteiger partial charge in [0.1, 0.15) is 35.4 Å². The summed E-state index contributed by atoms with van der Waals surface area (Å²) in [4.78, 5) is 12.8. The first-order valence-electron chi connectivity index (χ1n) is 9.83. The standard InChI is InChI=1S/C24H17F4N3O2/c25-17-5-1-3-15(9-17)12-31-13-20(23(32)29-22-8-7-19(27)11-21(22)28)24(30-31)33-14-16-4-2-6-18(26)10-16/h1-11,13H,12,14H2,(H,29,32). The van der Waals surface area contributed by atoms with Gasteiger partial charge in [-0.25, -0.2) is 17.6 Å². The number of anilines is 1. The van der Waals surface area contributed by atoms with Gasteiger partial charge in [-0.05, 0) is 47.5 Å². The van der Waals surface area contributed by atoms with E-state index in [1.165, 1.54) is 41.2 Å². The second kappa shape index (κ2) is 9.56. The van der Waals surface area contributed by atoms with Gasteiger partial charge in [-0.3, -0.25) is 9.48 Å². The molecular weight excluding hydrogens is 438 g/mol. The number of nitrogens with zero attached hydrogens (tertiary/aromatic N) is 2. The lowest BCUT2D eigenvalue weighted by Crippen LogP contribution is -2.14. The van der Waals surface area contributed by atoms with E-state index in [-0.39, 0.29) is 30.3 Å². The zero-order valence-corrected chi connectivity index (χ0v) is 17.1. The number of amides is 1. The number of benzene rings is 3. The van der Waals surface area contributed by atoms with E-state index in [1.807, 2.05) is 0 Å². The number of ether oxygens (including phenoxy) is 1. The van der Waals surface area contributed by atoms with Crippen molar-refractivity contribution in [3.63, 3.8) is 0 Å². The van der Waals surface area contributed by atoms with E-state index in [1.54, 1.807) is 18.2 Å². The van der Waals surface area contributed by atoms with Gasteiger partial charge in [0.15, 0.2) is 0 Å². The molecule has 168 valence electrons. The Bertz CT molecular complexity index is 1310. The van der Waals surface area contributed by atoms with Crippen molar-refractivity contribution in [2.45, 2.75) is 13.2 Å². The third-order valence-corrected chi connectivity index (χ3v) is 4.65. The first-order valence-corrected chi connectivity index (χ1v) is 9.83. The Balaban J connectivity index is 1.60. The summed E-state index contributed by atoms with van der Waals surface area (Å²) in [5.74, 6) is -3.44. The van der Waals surface area contributed by atoms with E-state index in [0.717, 1.165) is 12.1 Å². The number of carbonyl (C=O) groups is 1. The molecule has 0 aliphatic rings. The summed E-state index contributed by atoms with van der Waals surface area (Å²) in [5.41, 5.74) is 0.832. The van der Waals surface area contributed by atoms with Crippen LogP contribution in [0.25, 0.3) is 0 Å². The minimum Gasteiger partial charge on any atom is -0.471 e. The van der Waals surface area contributed by atoms with Crippen LogP contribution in [-0.2, 0) is 13.2 Å². The molecule has 1 N–H and O–H groups in total. The van der Waals surface area contributed by atoms with Crippen LogP contribution in [0.2, 0.25) is 0 Å². The Labute approximate surface area is 186 Å². The maximum atomic E-state index is 14.0. The van der Waals surface area contributed by atoms with Crippen LogP contribution in [-0.4, -0.2) is 15.7 Å². The van der Waals surface area contributed by atoms with Crippen LogP contribution in [0.1, 0.15) is 21.5 Å². The summed E-state index contributed by atoms with van der Waals surface area (Å²) in [7, 11) is 0. The first-order chi connectivity index (χ1) is 15.9. The first kappa shape index (κ1) is 22.1. The van der Waals surface area contributed by atoms with Crippen molar-refractivity contribution in [1.82, 2.24) is 9.78 Å². The zero-order valence-electron chi connectivity index (χ0n) is 17.1. The van der Waals surface area contributed by atoms with E-state index < -0.39 is 29.2 Å². The van der Waals surface area contributed by atoms with Gasteiger partial charge in [0.25, 0.3) is 5.91 Å². The Morgan fingerprint density at radius 3 is 2.24 bits per heavy atom. The summed E-state index contributed by atoms with van der Waals surface area (Å²) >= 11 is 0. The number of hydrogen-bond donors (Lipinski definition) is 1. The number of aromatic nitrogens is 2. The lowest BCUT2D eigenvalue weighted by atomic mass is 10.2. The molecule has 33 heavy (non-hydrogen) atoms. The normalized spacial score (nSPS) is 10.8. The quantitative estimate of drug-likeness (QED) is 0.384. The average Bonchev–Trinajstić information content (AvgIpc) is 3.17. The van der Waals surface area contributed by atoms with Gasteiger partial charge >= 0.3 is 0 Å².